The summed E-state index contributed by atoms with van der Waals surface area (Å²) >= 11 is 0. The fourth-order valence-corrected chi connectivity index (χ4v) is 2.60. The van der Waals surface area contributed by atoms with Gasteiger partial charge in [-0.15, -0.1) is 0 Å². The standard InChI is InChI=1S/C15H18F3N2/c1-11-3-4-13(14(7-11)15(16,17)18)10-20-6-5-12(9-20)8-19-2/h3-4,7,12H,5-6,9-10H2,1-2H3/q+1. The van der Waals surface area contributed by atoms with Crippen LogP contribution < -0.4 is 0 Å². The first kappa shape index (κ1) is 14.9. The van der Waals surface area contributed by atoms with Crippen molar-refractivity contribution in [1.82, 2.24) is 4.90 Å². The second kappa shape index (κ2) is 5.84. The second-order valence-corrected chi connectivity index (χ2v) is 5.23. The third-order valence-electron chi connectivity index (χ3n) is 3.55. The van der Waals surface area contributed by atoms with Crippen molar-refractivity contribution in [3.05, 3.63) is 39.7 Å². The average Bonchev–Trinajstić information content (AvgIpc) is 2.78. The topological polar surface area (TPSA) is 7.60 Å². The summed E-state index contributed by atoms with van der Waals surface area (Å²) in [5.74, 6) is 0.236. The molecule has 5 heteroatoms. The minimum Gasteiger partial charge on any atom is -0.298 e. The predicted octanol–water partition coefficient (Wildman–Crippen LogP) is 3.80. The molecule has 0 bridgehead atoms. The number of hydrogen-bond acceptors (Lipinski definition) is 1. The Hall–Kier alpha value is -1.54. The summed E-state index contributed by atoms with van der Waals surface area (Å²) in [6.07, 6.45) is -3.39. The minimum atomic E-state index is -4.29. The SMILES string of the molecule is C[N+]#CC1CCN(Cc2ccc(C)cc2C(F)(F)F)C1. The van der Waals surface area contributed by atoms with Gasteiger partial charge in [-0.3, -0.25) is 4.90 Å². The maximum absolute atomic E-state index is 13.1. The number of aryl methyl sites for hydroxylation is 1. The molecule has 1 saturated heterocycles. The van der Waals surface area contributed by atoms with Crippen molar-refractivity contribution in [2.45, 2.75) is 26.1 Å². The number of nitrogens with zero attached hydrogens (tertiary/aromatic N) is 2. The Morgan fingerprint density at radius 1 is 1.40 bits per heavy atom. The van der Waals surface area contributed by atoms with E-state index in [0.29, 0.717) is 17.7 Å². The van der Waals surface area contributed by atoms with Gasteiger partial charge in [0.15, 0.2) is 0 Å². The number of halogens is 3. The van der Waals surface area contributed by atoms with E-state index in [-0.39, 0.29) is 5.92 Å². The molecule has 1 aromatic carbocycles. The van der Waals surface area contributed by atoms with E-state index in [1.807, 2.05) is 4.90 Å². The van der Waals surface area contributed by atoms with Crippen LogP contribution in [0.1, 0.15) is 23.1 Å². The number of benzene rings is 1. The van der Waals surface area contributed by atoms with Gasteiger partial charge in [0.2, 0.25) is 0 Å². The van der Waals surface area contributed by atoms with E-state index in [0.717, 1.165) is 19.5 Å². The maximum Gasteiger partial charge on any atom is 0.416 e. The Bertz CT molecular complexity index is 540. The lowest BCUT2D eigenvalue weighted by molar-refractivity contribution is -0.138. The highest BCUT2D eigenvalue weighted by Gasteiger charge is 2.34. The van der Waals surface area contributed by atoms with E-state index in [4.69, 9.17) is 0 Å². The van der Waals surface area contributed by atoms with Crippen LogP contribution in [0.15, 0.2) is 18.2 Å². The van der Waals surface area contributed by atoms with E-state index >= 15 is 0 Å². The van der Waals surface area contributed by atoms with Crippen molar-refractivity contribution in [2.24, 2.45) is 5.92 Å². The molecule has 1 aromatic rings. The Balaban J connectivity index is 2.15. The lowest BCUT2D eigenvalue weighted by Crippen LogP contribution is -2.22. The first-order chi connectivity index (χ1) is 9.40. The monoisotopic (exact) mass is 283 g/mol. The van der Waals surface area contributed by atoms with Crippen molar-refractivity contribution < 1.29 is 13.2 Å². The van der Waals surface area contributed by atoms with Crippen molar-refractivity contribution in [2.75, 3.05) is 20.1 Å². The number of rotatable bonds is 2. The fourth-order valence-electron chi connectivity index (χ4n) is 2.60. The summed E-state index contributed by atoms with van der Waals surface area (Å²) in [7, 11) is 1.67. The maximum atomic E-state index is 13.1. The van der Waals surface area contributed by atoms with Gasteiger partial charge in [0.25, 0.3) is 13.1 Å². The highest BCUT2D eigenvalue weighted by molar-refractivity contribution is 5.33. The van der Waals surface area contributed by atoms with Crippen LogP contribution in [0, 0.1) is 18.9 Å². The molecule has 1 atom stereocenters. The van der Waals surface area contributed by atoms with E-state index in [9.17, 15) is 13.2 Å². The molecule has 108 valence electrons. The molecule has 2 rings (SSSR count). The van der Waals surface area contributed by atoms with Gasteiger partial charge in [-0.05, 0) is 31.5 Å². The molecule has 2 nitrogen and oxygen atoms in total. The molecule has 0 aliphatic carbocycles. The molecule has 1 unspecified atom stereocenters. The van der Waals surface area contributed by atoms with Gasteiger partial charge in [-0.2, -0.15) is 13.2 Å². The number of likely N-dealkylation sites (tertiary alicyclic amines) is 1. The highest BCUT2D eigenvalue weighted by Crippen LogP contribution is 2.33. The molecule has 20 heavy (non-hydrogen) atoms. The van der Waals surface area contributed by atoms with Gasteiger partial charge in [0.05, 0.1) is 5.56 Å². The Morgan fingerprint density at radius 3 is 2.80 bits per heavy atom. The van der Waals surface area contributed by atoms with Crippen LogP contribution in [-0.2, 0) is 12.7 Å². The summed E-state index contributed by atoms with van der Waals surface area (Å²) in [6.45, 7) is 3.52. The molecule has 0 saturated carbocycles. The van der Waals surface area contributed by atoms with Gasteiger partial charge >= 0.3 is 6.18 Å². The number of hydrogen-bond donors (Lipinski definition) is 0. The zero-order chi connectivity index (χ0) is 14.8. The molecule has 0 aromatic heterocycles. The largest absolute Gasteiger partial charge is 0.416 e. The van der Waals surface area contributed by atoms with Gasteiger partial charge in [0, 0.05) is 13.1 Å². The molecule has 0 radical (unpaired) electrons. The van der Waals surface area contributed by atoms with E-state index in [1.54, 1.807) is 26.1 Å². The second-order valence-electron chi connectivity index (χ2n) is 5.23. The smallest absolute Gasteiger partial charge is 0.298 e. The zero-order valence-corrected chi connectivity index (χ0v) is 11.7. The van der Waals surface area contributed by atoms with Crippen LogP contribution in [0.25, 0.3) is 4.85 Å². The molecular formula is C15H18F3N2+. The van der Waals surface area contributed by atoms with Crippen LogP contribution in [-0.4, -0.2) is 25.0 Å². The first-order valence-corrected chi connectivity index (χ1v) is 6.63. The number of alkyl halides is 3. The van der Waals surface area contributed by atoms with Crippen LogP contribution >= 0.6 is 0 Å². The average molecular weight is 283 g/mol. The summed E-state index contributed by atoms with van der Waals surface area (Å²) in [5, 5.41) is 0. The molecule has 0 spiro atoms. The van der Waals surface area contributed by atoms with Gasteiger partial charge < -0.3 is 0 Å². The van der Waals surface area contributed by atoms with Crippen molar-refractivity contribution in [3.63, 3.8) is 0 Å². The molecule has 1 aliphatic heterocycles. The minimum absolute atomic E-state index is 0.236. The third-order valence-corrected chi connectivity index (χ3v) is 3.55. The lowest BCUT2D eigenvalue weighted by atomic mass is 10.0. The molecule has 1 aliphatic rings. The van der Waals surface area contributed by atoms with Crippen LogP contribution in [0.2, 0.25) is 0 Å². The van der Waals surface area contributed by atoms with Gasteiger partial charge in [0.1, 0.15) is 5.92 Å². The fraction of sp³-hybridized carbons (Fsp3) is 0.533. The van der Waals surface area contributed by atoms with E-state index in [1.165, 1.54) is 6.07 Å². The van der Waals surface area contributed by atoms with E-state index < -0.39 is 11.7 Å². The van der Waals surface area contributed by atoms with Gasteiger partial charge in [-0.1, -0.05) is 22.5 Å². The Morgan fingerprint density at radius 2 is 2.15 bits per heavy atom. The molecular weight excluding hydrogens is 265 g/mol. The summed E-state index contributed by atoms with van der Waals surface area (Å²) in [6, 6.07) is 7.52. The first-order valence-electron chi connectivity index (χ1n) is 6.63. The summed E-state index contributed by atoms with van der Waals surface area (Å²) in [5.41, 5.74) is 0.457. The van der Waals surface area contributed by atoms with Crippen LogP contribution in [0.5, 0.6) is 0 Å². The highest BCUT2D eigenvalue weighted by atomic mass is 19.4. The van der Waals surface area contributed by atoms with E-state index in [2.05, 4.69) is 10.9 Å². The Kier molecular flexibility index (Phi) is 4.34. The van der Waals surface area contributed by atoms with Crippen molar-refractivity contribution in [1.29, 1.82) is 0 Å². The zero-order valence-electron chi connectivity index (χ0n) is 11.7. The normalized spacial score (nSPS) is 19.8. The molecule has 1 heterocycles. The summed E-state index contributed by atoms with van der Waals surface area (Å²) in [4.78, 5) is 5.90. The van der Waals surface area contributed by atoms with Crippen LogP contribution in [0.4, 0.5) is 13.2 Å². The van der Waals surface area contributed by atoms with Crippen LogP contribution in [0.3, 0.4) is 0 Å². The molecule has 0 N–H and O–H groups in total. The molecule has 0 amide bonds. The predicted molar refractivity (Wildman–Crippen MR) is 72.7 cm³/mol. The third kappa shape index (κ3) is 3.51. The summed E-state index contributed by atoms with van der Waals surface area (Å²) < 4.78 is 39.2. The lowest BCUT2D eigenvalue weighted by Gasteiger charge is -2.19. The quantitative estimate of drug-likeness (QED) is 0.801. The van der Waals surface area contributed by atoms with Crippen molar-refractivity contribution in [3.8, 4) is 6.07 Å². The van der Waals surface area contributed by atoms with Crippen molar-refractivity contribution >= 4 is 0 Å². The Labute approximate surface area is 117 Å². The molecule has 1 fully saturated rings. The van der Waals surface area contributed by atoms with Gasteiger partial charge in [-0.25, -0.2) is 0 Å².